The molecule has 0 aliphatic rings. The van der Waals surface area contributed by atoms with Gasteiger partial charge in [-0.25, -0.2) is 4.98 Å². The van der Waals surface area contributed by atoms with Gasteiger partial charge < -0.3 is 10.7 Å². The van der Waals surface area contributed by atoms with Crippen molar-refractivity contribution in [3.63, 3.8) is 0 Å². The number of carbonyl (C=O) groups is 1. The summed E-state index contributed by atoms with van der Waals surface area (Å²) in [4.78, 5) is 18.6. The molecule has 4 nitrogen and oxygen atoms in total. The molecule has 0 fully saturated rings. The van der Waals surface area contributed by atoms with Crippen LogP contribution in [0.2, 0.25) is 0 Å². The molecule has 5 heteroatoms. The van der Waals surface area contributed by atoms with Gasteiger partial charge in [0.1, 0.15) is 5.52 Å². The summed E-state index contributed by atoms with van der Waals surface area (Å²) in [7, 11) is 0. The highest BCUT2D eigenvalue weighted by molar-refractivity contribution is 7.80. The highest BCUT2D eigenvalue weighted by Crippen LogP contribution is 2.21. The largest absolute Gasteiger partial charge is 0.366 e. The van der Waals surface area contributed by atoms with Gasteiger partial charge in [0.15, 0.2) is 0 Å². The Bertz CT molecular complexity index is 477. The van der Waals surface area contributed by atoms with Gasteiger partial charge >= 0.3 is 0 Å². The van der Waals surface area contributed by atoms with E-state index in [1.807, 2.05) is 0 Å². The fraction of sp³-hybridized carbons (Fsp3) is 0. The Morgan fingerprint density at radius 2 is 2.31 bits per heavy atom. The Balaban J connectivity index is 2.86. The van der Waals surface area contributed by atoms with Crippen molar-refractivity contribution in [3.05, 3.63) is 24.0 Å². The van der Waals surface area contributed by atoms with Crippen molar-refractivity contribution in [3.8, 4) is 0 Å². The van der Waals surface area contributed by atoms with Gasteiger partial charge in [0.05, 0.1) is 17.4 Å². The number of rotatable bonds is 1. The minimum atomic E-state index is -0.481. The Morgan fingerprint density at radius 1 is 1.54 bits per heavy atom. The first-order valence-corrected chi connectivity index (χ1v) is 4.09. The number of thiol groups is 1. The highest BCUT2D eigenvalue weighted by atomic mass is 32.1. The van der Waals surface area contributed by atoms with Gasteiger partial charge in [-0.3, -0.25) is 4.79 Å². The van der Waals surface area contributed by atoms with Crippen LogP contribution >= 0.6 is 12.6 Å². The molecule has 0 radical (unpaired) electrons. The molecule has 3 N–H and O–H groups in total. The second-order valence-corrected chi connectivity index (χ2v) is 3.10. The molecule has 0 spiro atoms. The number of hydrogen-bond acceptors (Lipinski definition) is 3. The summed E-state index contributed by atoms with van der Waals surface area (Å²) in [5.41, 5.74) is 6.89. The van der Waals surface area contributed by atoms with Gasteiger partial charge in [-0.15, -0.1) is 12.6 Å². The third kappa shape index (κ3) is 1.17. The summed E-state index contributed by atoms with van der Waals surface area (Å²) in [5, 5.41) is 0. The molecular formula is C8H7N3OS. The Morgan fingerprint density at radius 3 is 3.00 bits per heavy atom. The molecular weight excluding hydrogens is 186 g/mol. The fourth-order valence-corrected chi connectivity index (χ4v) is 1.46. The van der Waals surface area contributed by atoms with Gasteiger partial charge in [-0.1, -0.05) is 0 Å². The predicted octanol–water partition coefficient (Wildman–Crippen LogP) is 0.950. The lowest BCUT2D eigenvalue weighted by Gasteiger charge is -1.98. The number of H-pyrrole nitrogens is 1. The van der Waals surface area contributed by atoms with Crippen LogP contribution in [0.5, 0.6) is 0 Å². The number of benzene rings is 1. The number of imidazole rings is 1. The van der Waals surface area contributed by atoms with Crippen LogP contribution in [0.25, 0.3) is 11.0 Å². The van der Waals surface area contributed by atoms with E-state index in [1.54, 1.807) is 12.1 Å². The van der Waals surface area contributed by atoms with E-state index < -0.39 is 5.91 Å². The van der Waals surface area contributed by atoms with Crippen LogP contribution in [0.15, 0.2) is 23.4 Å². The molecule has 2 rings (SSSR count). The third-order valence-electron chi connectivity index (χ3n) is 1.82. The molecule has 1 heterocycles. The van der Waals surface area contributed by atoms with E-state index in [-0.39, 0.29) is 0 Å². The number of fused-ring (bicyclic) bond motifs is 1. The van der Waals surface area contributed by atoms with Crippen molar-refractivity contribution in [2.75, 3.05) is 0 Å². The second kappa shape index (κ2) is 2.77. The smallest absolute Gasteiger partial charge is 0.250 e. The van der Waals surface area contributed by atoms with Gasteiger partial charge in [-0.05, 0) is 12.1 Å². The normalized spacial score (nSPS) is 10.5. The van der Waals surface area contributed by atoms with Crippen LogP contribution < -0.4 is 5.73 Å². The van der Waals surface area contributed by atoms with Gasteiger partial charge in [0.25, 0.3) is 5.91 Å². The average Bonchev–Trinajstić information content (AvgIpc) is 2.53. The van der Waals surface area contributed by atoms with Gasteiger partial charge in [0.2, 0.25) is 0 Å². The molecule has 1 aromatic carbocycles. The average molecular weight is 193 g/mol. The fourth-order valence-electron chi connectivity index (χ4n) is 1.22. The summed E-state index contributed by atoms with van der Waals surface area (Å²) in [6.07, 6.45) is 1.51. The SMILES string of the molecule is NC(=O)c1ccc(S)c2[nH]cnc12. The standard InChI is InChI=1S/C8H7N3OS/c9-8(12)4-1-2-5(13)7-6(4)10-3-11-7/h1-3,13H,(H2,9,12)(H,10,11). The topological polar surface area (TPSA) is 71.8 Å². The molecule has 66 valence electrons. The number of amides is 1. The van der Waals surface area contributed by atoms with E-state index in [4.69, 9.17) is 5.73 Å². The minimum absolute atomic E-state index is 0.411. The third-order valence-corrected chi connectivity index (χ3v) is 2.20. The Hall–Kier alpha value is -1.49. The number of carbonyl (C=O) groups excluding carboxylic acids is 1. The summed E-state index contributed by atoms with van der Waals surface area (Å²) < 4.78 is 0. The first kappa shape index (κ1) is 8.12. The van der Waals surface area contributed by atoms with Gasteiger partial charge in [-0.2, -0.15) is 0 Å². The predicted molar refractivity (Wildman–Crippen MR) is 51.9 cm³/mol. The molecule has 0 saturated heterocycles. The van der Waals surface area contributed by atoms with E-state index in [9.17, 15) is 4.79 Å². The van der Waals surface area contributed by atoms with Crippen LogP contribution in [0, 0.1) is 0 Å². The lowest BCUT2D eigenvalue weighted by atomic mass is 10.2. The van der Waals surface area contributed by atoms with Crippen LogP contribution in [0.3, 0.4) is 0 Å². The molecule has 0 aliphatic carbocycles. The van der Waals surface area contributed by atoms with E-state index in [2.05, 4.69) is 22.6 Å². The van der Waals surface area contributed by atoms with E-state index in [0.717, 1.165) is 10.4 Å². The van der Waals surface area contributed by atoms with E-state index in [0.29, 0.717) is 11.1 Å². The Kier molecular flexibility index (Phi) is 1.73. The monoisotopic (exact) mass is 193 g/mol. The van der Waals surface area contributed by atoms with Crippen LogP contribution in [-0.2, 0) is 0 Å². The number of nitrogens with zero attached hydrogens (tertiary/aromatic N) is 1. The molecule has 1 amide bonds. The van der Waals surface area contributed by atoms with Crippen molar-refractivity contribution >= 4 is 29.6 Å². The maximum atomic E-state index is 11.0. The van der Waals surface area contributed by atoms with Crippen LogP contribution in [0.1, 0.15) is 10.4 Å². The van der Waals surface area contributed by atoms with Crippen LogP contribution in [0.4, 0.5) is 0 Å². The molecule has 0 saturated carbocycles. The zero-order valence-corrected chi connectivity index (χ0v) is 7.51. The summed E-state index contributed by atoms with van der Waals surface area (Å²) in [5.74, 6) is -0.481. The Labute approximate surface area is 79.6 Å². The molecule has 0 aliphatic heterocycles. The lowest BCUT2D eigenvalue weighted by Crippen LogP contribution is -2.11. The second-order valence-electron chi connectivity index (χ2n) is 2.62. The quantitative estimate of drug-likeness (QED) is 0.590. The number of aromatic amines is 1. The number of primary amides is 1. The maximum absolute atomic E-state index is 11.0. The van der Waals surface area contributed by atoms with Crippen molar-refractivity contribution in [2.45, 2.75) is 4.90 Å². The molecule has 0 atom stereocenters. The number of nitrogens with one attached hydrogen (secondary N) is 1. The molecule has 13 heavy (non-hydrogen) atoms. The first-order valence-electron chi connectivity index (χ1n) is 3.65. The van der Waals surface area contributed by atoms with E-state index >= 15 is 0 Å². The van der Waals surface area contributed by atoms with Crippen LogP contribution in [-0.4, -0.2) is 15.9 Å². The zero-order valence-electron chi connectivity index (χ0n) is 6.61. The number of nitrogens with two attached hydrogens (primary N) is 1. The maximum Gasteiger partial charge on any atom is 0.250 e. The summed E-state index contributed by atoms with van der Waals surface area (Å²) >= 11 is 4.21. The minimum Gasteiger partial charge on any atom is -0.366 e. The molecule has 0 bridgehead atoms. The first-order chi connectivity index (χ1) is 6.20. The molecule has 1 aromatic heterocycles. The molecule has 2 aromatic rings. The number of hydrogen-bond donors (Lipinski definition) is 3. The molecule has 0 unspecified atom stereocenters. The summed E-state index contributed by atoms with van der Waals surface area (Å²) in [6.45, 7) is 0. The van der Waals surface area contributed by atoms with Crippen molar-refractivity contribution in [1.29, 1.82) is 0 Å². The van der Waals surface area contributed by atoms with E-state index in [1.165, 1.54) is 6.33 Å². The van der Waals surface area contributed by atoms with Gasteiger partial charge in [0, 0.05) is 4.90 Å². The lowest BCUT2D eigenvalue weighted by molar-refractivity contribution is 0.100. The highest BCUT2D eigenvalue weighted by Gasteiger charge is 2.09. The van der Waals surface area contributed by atoms with Crippen molar-refractivity contribution in [1.82, 2.24) is 9.97 Å². The van der Waals surface area contributed by atoms with Crippen molar-refractivity contribution < 1.29 is 4.79 Å². The zero-order chi connectivity index (χ0) is 9.42. The van der Waals surface area contributed by atoms with Crippen molar-refractivity contribution in [2.24, 2.45) is 5.73 Å². The number of aromatic nitrogens is 2. The summed E-state index contributed by atoms with van der Waals surface area (Å²) in [6, 6.07) is 3.33.